The Labute approximate surface area is 144 Å². The molecule has 0 saturated heterocycles. The molecule has 2 aliphatic rings. The molecule has 2 aromatic rings. The molecule has 0 saturated carbocycles. The van der Waals surface area contributed by atoms with Gasteiger partial charge in [-0.1, -0.05) is 0 Å². The first-order valence-electron chi connectivity index (χ1n) is 6.83. The van der Waals surface area contributed by atoms with Gasteiger partial charge in [0.2, 0.25) is 0 Å². The van der Waals surface area contributed by atoms with Crippen LogP contribution in [0.5, 0.6) is 0 Å². The fraction of sp³-hybridized carbons (Fsp3) is 0. The van der Waals surface area contributed by atoms with Gasteiger partial charge in [0.1, 0.15) is 0 Å². The SMILES string of the molecule is O=C1[O][Sn]2([O]C(=O)c3cccc1n3)[O]C(=O)c1cccc(n1)C(=O)[O]2. The van der Waals surface area contributed by atoms with Crippen LogP contribution in [0.3, 0.4) is 0 Å². The van der Waals surface area contributed by atoms with E-state index in [1.54, 1.807) is 0 Å². The number of fused-ring (bicyclic) bond motifs is 4. The average Bonchev–Trinajstić information content (AvgIpc) is 2.60. The summed E-state index contributed by atoms with van der Waals surface area (Å²) < 4.78 is 20.2. The molecule has 0 unspecified atom stereocenters. The summed E-state index contributed by atoms with van der Waals surface area (Å²) in [4.78, 5) is 56.3. The van der Waals surface area contributed by atoms with Gasteiger partial charge in [-0.15, -0.1) is 0 Å². The molecule has 1 spiro atoms. The van der Waals surface area contributed by atoms with E-state index in [-0.39, 0.29) is 22.8 Å². The van der Waals surface area contributed by atoms with E-state index in [2.05, 4.69) is 9.97 Å². The number of carbonyl (C=O) groups excluding carboxylic acids is 4. The Morgan fingerprint density at radius 1 is 0.560 bits per heavy atom. The molecule has 0 radical (unpaired) electrons. The summed E-state index contributed by atoms with van der Waals surface area (Å²) in [6.45, 7) is 0. The third-order valence-electron chi connectivity index (χ3n) is 3.21. The van der Waals surface area contributed by atoms with Crippen LogP contribution >= 0.6 is 0 Å². The van der Waals surface area contributed by atoms with E-state index in [4.69, 9.17) is 12.3 Å². The Morgan fingerprint density at radius 3 is 1.12 bits per heavy atom. The second-order valence-electron chi connectivity index (χ2n) is 4.87. The molecule has 4 rings (SSSR count). The third-order valence-corrected chi connectivity index (χ3v) is 8.18. The predicted octanol–water partition coefficient (Wildman–Crippen LogP) is 0.267. The van der Waals surface area contributed by atoms with Crippen molar-refractivity contribution >= 4 is 43.9 Å². The number of carbonyl (C=O) groups is 4. The topological polar surface area (TPSA) is 131 Å². The zero-order chi connectivity index (χ0) is 17.6. The van der Waals surface area contributed by atoms with E-state index in [1.165, 1.54) is 36.4 Å². The summed E-state index contributed by atoms with van der Waals surface area (Å²) in [5.41, 5.74) is -0.848. The van der Waals surface area contributed by atoms with Crippen LogP contribution in [0.25, 0.3) is 0 Å². The number of nitrogens with zero attached hydrogens (tertiary/aromatic N) is 2. The molecule has 10 nitrogen and oxygen atoms in total. The molecule has 0 aliphatic carbocycles. The molecule has 4 bridgehead atoms. The predicted molar refractivity (Wildman–Crippen MR) is 75.9 cm³/mol. The van der Waals surface area contributed by atoms with Gasteiger partial charge in [0, 0.05) is 0 Å². The van der Waals surface area contributed by atoms with Crippen LogP contribution in [0, 0.1) is 0 Å². The van der Waals surface area contributed by atoms with Crippen molar-refractivity contribution in [1.82, 2.24) is 9.97 Å². The van der Waals surface area contributed by atoms with Crippen LogP contribution in [0.15, 0.2) is 36.4 Å². The summed E-state index contributed by atoms with van der Waals surface area (Å²) in [5, 5.41) is 0. The standard InChI is InChI=1S/2C7H5NO4.Sn/c2*9-6(10)4-2-1-3-5(8-4)7(11)12;/h2*1-3H,(H,9,10)(H,11,12);/q;;+4/p-4. The van der Waals surface area contributed by atoms with Crippen LogP contribution in [0.4, 0.5) is 0 Å². The van der Waals surface area contributed by atoms with E-state index in [0.717, 1.165) is 0 Å². The first-order valence-corrected chi connectivity index (χ1v) is 11.5. The monoisotopic (exact) mass is 450 g/mol. The Balaban J connectivity index is 1.80. The Hall–Kier alpha value is -3.02. The normalized spacial score (nSPS) is 17.9. The summed E-state index contributed by atoms with van der Waals surface area (Å²) in [6.07, 6.45) is 0. The summed E-state index contributed by atoms with van der Waals surface area (Å²) >= 11 is -5.75. The van der Waals surface area contributed by atoms with Crippen LogP contribution in [0.2, 0.25) is 0 Å². The molecule has 0 atom stereocenters. The minimum atomic E-state index is -5.75. The van der Waals surface area contributed by atoms with Crippen LogP contribution in [-0.2, 0) is 12.3 Å². The molecule has 4 heterocycles. The molecule has 25 heavy (non-hydrogen) atoms. The second-order valence-corrected chi connectivity index (χ2v) is 10.1. The van der Waals surface area contributed by atoms with Crippen molar-refractivity contribution in [3.05, 3.63) is 59.2 Å². The number of aromatic nitrogens is 2. The number of hydrogen-bond donors (Lipinski definition) is 0. The molecule has 0 N–H and O–H groups in total. The number of rotatable bonds is 0. The van der Waals surface area contributed by atoms with E-state index in [1.807, 2.05) is 0 Å². The van der Waals surface area contributed by atoms with E-state index >= 15 is 0 Å². The van der Waals surface area contributed by atoms with E-state index in [0.29, 0.717) is 0 Å². The van der Waals surface area contributed by atoms with E-state index in [9.17, 15) is 19.2 Å². The van der Waals surface area contributed by atoms with Gasteiger partial charge >= 0.3 is 145 Å². The van der Waals surface area contributed by atoms with Crippen molar-refractivity contribution in [2.45, 2.75) is 0 Å². The van der Waals surface area contributed by atoms with Crippen LogP contribution in [-0.4, -0.2) is 53.9 Å². The zero-order valence-electron chi connectivity index (χ0n) is 12.1. The van der Waals surface area contributed by atoms with Gasteiger partial charge in [-0.25, -0.2) is 0 Å². The Bertz CT molecular complexity index is 812. The van der Waals surface area contributed by atoms with Crippen molar-refractivity contribution in [2.75, 3.05) is 0 Å². The quantitative estimate of drug-likeness (QED) is 0.517. The number of pyridine rings is 2. The third kappa shape index (κ3) is 2.69. The van der Waals surface area contributed by atoms with Gasteiger partial charge in [-0.3, -0.25) is 0 Å². The summed E-state index contributed by atoms with van der Waals surface area (Å²) in [7, 11) is 0. The van der Waals surface area contributed by atoms with Gasteiger partial charge in [0.05, 0.1) is 0 Å². The molecular formula is C14H6N2O8Sn. The molecule has 2 aromatic heterocycles. The fourth-order valence-corrected chi connectivity index (χ4v) is 6.61. The average molecular weight is 449 g/mol. The summed E-state index contributed by atoms with van der Waals surface area (Å²) in [6, 6.07) is 7.97. The zero-order valence-corrected chi connectivity index (χ0v) is 15.0. The van der Waals surface area contributed by atoms with Crippen LogP contribution in [0.1, 0.15) is 42.0 Å². The van der Waals surface area contributed by atoms with Gasteiger partial charge < -0.3 is 0 Å². The Morgan fingerprint density at radius 2 is 0.840 bits per heavy atom. The Kier molecular flexibility index (Phi) is 3.42. The minimum absolute atomic E-state index is 0.212. The van der Waals surface area contributed by atoms with Crippen molar-refractivity contribution in [3.63, 3.8) is 0 Å². The summed E-state index contributed by atoms with van der Waals surface area (Å²) in [5.74, 6) is -4.16. The molecule has 124 valence electrons. The van der Waals surface area contributed by atoms with Crippen molar-refractivity contribution < 1.29 is 31.5 Å². The first-order chi connectivity index (χ1) is 12.0. The van der Waals surface area contributed by atoms with E-state index < -0.39 is 43.9 Å². The fourth-order valence-electron chi connectivity index (χ4n) is 2.11. The molecule has 11 heteroatoms. The molecule has 2 aliphatic heterocycles. The second kappa shape index (κ2) is 5.51. The van der Waals surface area contributed by atoms with Gasteiger partial charge in [-0.05, 0) is 0 Å². The number of hydrogen-bond acceptors (Lipinski definition) is 10. The van der Waals surface area contributed by atoms with Crippen molar-refractivity contribution in [2.24, 2.45) is 0 Å². The molecular weight excluding hydrogens is 443 g/mol. The van der Waals surface area contributed by atoms with Gasteiger partial charge in [0.25, 0.3) is 0 Å². The van der Waals surface area contributed by atoms with Gasteiger partial charge in [-0.2, -0.15) is 0 Å². The molecule has 0 aromatic carbocycles. The molecule has 0 fully saturated rings. The van der Waals surface area contributed by atoms with Crippen molar-refractivity contribution in [1.29, 1.82) is 0 Å². The first kappa shape index (κ1) is 15.5. The maximum absolute atomic E-state index is 12.2. The maximum atomic E-state index is 12.2. The molecule has 0 amide bonds. The van der Waals surface area contributed by atoms with Crippen molar-refractivity contribution in [3.8, 4) is 0 Å². The van der Waals surface area contributed by atoms with Gasteiger partial charge in [0.15, 0.2) is 0 Å². The van der Waals surface area contributed by atoms with Crippen LogP contribution < -0.4 is 0 Å².